The van der Waals surface area contributed by atoms with Crippen LogP contribution in [0.2, 0.25) is 0 Å². The van der Waals surface area contributed by atoms with Gasteiger partial charge in [0.2, 0.25) is 5.91 Å². The second-order valence-corrected chi connectivity index (χ2v) is 5.53. The molecule has 3 nitrogen and oxygen atoms in total. The van der Waals surface area contributed by atoms with Gasteiger partial charge in [0.15, 0.2) is 0 Å². The van der Waals surface area contributed by atoms with Gasteiger partial charge in [-0.1, -0.05) is 31.4 Å². The zero-order valence-electron chi connectivity index (χ0n) is 11.8. The van der Waals surface area contributed by atoms with Crippen LogP contribution in [0.3, 0.4) is 0 Å². The number of carbonyl (C=O) groups excluding carboxylic acids is 1. The van der Waals surface area contributed by atoms with Gasteiger partial charge in [-0.15, -0.1) is 0 Å². The first-order valence-electron chi connectivity index (χ1n) is 7.26. The molecule has 1 aromatic rings. The largest absolute Gasteiger partial charge is 0.326 e. The second kappa shape index (κ2) is 6.71. The Balaban J connectivity index is 1.97. The molecule has 0 saturated heterocycles. The fraction of sp³-hybridized carbons (Fsp3) is 0.562. The lowest BCUT2D eigenvalue weighted by molar-refractivity contribution is -0.119. The summed E-state index contributed by atoms with van der Waals surface area (Å²) in [6.45, 7) is 0.512. The van der Waals surface area contributed by atoms with Gasteiger partial charge in [-0.3, -0.25) is 4.79 Å². The average Bonchev–Trinajstić information content (AvgIpc) is 2.47. The summed E-state index contributed by atoms with van der Waals surface area (Å²) in [5, 5.41) is 0. The number of amides is 1. The van der Waals surface area contributed by atoms with Crippen molar-refractivity contribution in [1.29, 1.82) is 0 Å². The summed E-state index contributed by atoms with van der Waals surface area (Å²) >= 11 is 0. The lowest BCUT2D eigenvalue weighted by Gasteiger charge is -2.24. The first-order valence-corrected chi connectivity index (χ1v) is 7.26. The molecular weight excluding hydrogens is 236 g/mol. The van der Waals surface area contributed by atoms with Gasteiger partial charge < -0.3 is 10.6 Å². The molecule has 0 aromatic heterocycles. The minimum atomic E-state index is 0.223. The van der Waals surface area contributed by atoms with E-state index in [4.69, 9.17) is 5.73 Å². The Morgan fingerprint density at radius 3 is 2.74 bits per heavy atom. The summed E-state index contributed by atoms with van der Waals surface area (Å²) in [4.78, 5) is 14.1. The smallest absolute Gasteiger partial charge is 0.226 e. The highest BCUT2D eigenvalue weighted by Crippen LogP contribution is 2.27. The van der Waals surface area contributed by atoms with E-state index in [9.17, 15) is 4.79 Å². The zero-order chi connectivity index (χ0) is 13.7. The van der Waals surface area contributed by atoms with Crippen molar-refractivity contribution >= 4 is 11.6 Å². The predicted molar refractivity (Wildman–Crippen MR) is 78.9 cm³/mol. The SMILES string of the molecule is CN(C(=O)CC1CCCCC1)c1cccc(CN)c1. The van der Waals surface area contributed by atoms with Crippen molar-refractivity contribution in [2.45, 2.75) is 45.1 Å². The molecule has 19 heavy (non-hydrogen) atoms. The number of benzene rings is 1. The van der Waals surface area contributed by atoms with Crippen LogP contribution >= 0.6 is 0 Å². The van der Waals surface area contributed by atoms with Crippen LogP contribution in [0.4, 0.5) is 5.69 Å². The summed E-state index contributed by atoms with van der Waals surface area (Å²) in [5.74, 6) is 0.808. The highest BCUT2D eigenvalue weighted by Gasteiger charge is 2.19. The lowest BCUT2D eigenvalue weighted by atomic mass is 9.86. The highest BCUT2D eigenvalue weighted by molar-refractivity contribution is 5.93. The minimum Gasteiger partial charge on any atom is -0.326 e. The summed E-state index contributed by atoms with van der Waals surface area (Å²) in [6, 6.07) is 7.92. The molecular formula is C16H24N2O. The number of hydrogen-bond donors (Lipinski definition) is 1. The third kappa shape index (κ3) is 3.80. The van der Waals surface area contributed by atoms with Crippen LogP contribution < -0.4 is 10.6 Å². The molecule has 2 N–H and O–H groups in total. The summed E-state index contributed by atoms with van der Waals surface area (Å²) in [5.41, 5.74) is 7.65. The van der Waals surface area contributed by atoms with Gasteiger partial charge >= 0.3 is 0 Å². The Morgan fingerprint density at radius 2 is 2.05 bits per heavy atom. The van der Waals surface area contributed by atoms with Gasteiger partial charge in [0.1, 0.15) is 0 Å². The molecule has 1 aliphatic rings. The standard InChI is InChI=1S/C16H24N2O/c1-18(15-9-5-8-14(10-15)12-17)16(19)11-13-6-3-2-4-7-13/h5,8-10,13H,2-4,6-7,11-12,17H2,1H3. The molecule has 1 amide bonds. The van der Waals surface area contributed by atoms with E-state index in [-0.39, 0.29) is 5.91 Å². The number of carbonyl (C=O) groups is 1. The highest BCUT2D eigenvalue weighted by atomic mass is 16.2. The molecule has 0 unspecified atom stereocenters. The molecule has 0 aliphatic heterocycles. The van der Waals surface area contributed by atoms with Crippen molar-refractivity contribution in [3.05, 3.63) is 29.8 Å². The summed E-state index contributed by atoms with van der Waals surface area (Å²) in [7, 11) is 1.86. The van der Waals surface area contributed by atoms with Crippen molar-refractivity contribution in [2.24, 2.45) is 11.7 Å². The topological polar surface area (TPSA) is 46.3 Å². The van der Waals surface area contributed by atoms with Gasteiger partial charge in [0, 0.05) is 25.7 Å². The summed E-state index contributed by atoms with van der Waals surface area (Å²) < 4.78 is 0. The second-order valence-electron chi connectivity index (χ2n) is 5.53. The molecule has 0 radical (unpaired) electrons. The van der Waals surface area contributed by atoms with Crippen LogP contribution in [-0.2, 0) is 11.3 Å². The number of anilines is 1. The number of nitrogens with zero attached hydrogens (tertiary/aromatic N) is 1. The molecule has 1 fully saturated rings. The molecule has 104 valence electrons. The van der Waals surface area contributed by atoms with E-state index in [0.717, 1.165) is 11.3 Å². The average molecular weight is 260 g/mol. The van der Waals surface area contributed by atoms with Gasteiger partial charge in [-0.05, 0) is 36.5 Å². The van der Waals surface area contributed by atoms with Crippen LogP contribution in [0.1, 0.15) is 44.1 Å². The van der Waals surface area contributed by atoms with Crippen molar-refractivity contribution in [2.75, 3.05) is 11.9 Å². The van der Waals surface area contributed by atoms with E-state index in [1.165, 1.54) is 32.1 Å². The molecule has 2 rings (SSSR count). The van der Waals surface area contributed by atoms with Crippen LogP contribution in [0, 0.1) is 5.92 Å². The third-order valence-corrected chi connectivity index (χ3v) is 4.10. The fourth-order valence-electron chi connectivity index (χ4n) is 2.81. The molecule has 0 spiro atoms. The first-order chi connectivity index (χ1) is 9.20. The maximum Gasteiger partial charge on any atom is 0.226 e. The monoisotopic (exact) mass is 260 g/mol. The lowest BCUT2D eigenvalue weighted by Crippen LogP contribution is -2.28. The Morgan fingerprint density at radius 1 is 1.32 bits per heavy atom. The van der Waals surface area contributed by atoms with E-state index < -0.39 is 0 Å². The zero-order valence-corrected chi connectivity index (χ0v) is 11.8. The molecule has 1 aliphatic carbocycles. The Hall–Kier alpha value is -1.35. The van der Waals surface area contributed by atoms with Crippen LogP contribution in [0.15, 0.2) is 24.3 Å². The van der Waals surface area contributed by atoms with Crippen LogP contribution in [0.25, 0.3) is 0 Å². The quantitative estimate of drug-likeness (QED) is 0.904. The van der Waals surface area contributed by atoms with E-state index >= 15 is 0 Å². The Kier molecular flexibility index (Phi) is 4.97. The van der Waals surface area contributed by atoms with Crippen LogP contribution in [-0.4, -0.2) is 13.0 Å². The molecule has 1 aromatic carbocycles. The number of nitrogens with two attached hydrogens (primary N) is 1. The maximum absolute atomic E-state index is 12.3. The van der Waals surface area contributed by atoms with E-state index in [1.807, 2.05) is 31.3 Å². The summed E-state index contributed by atoms with van der Waals surface area (Å²) in [6.07, 6.45) is 7.00. The molecule has 3 heteroatoms. The number of hydrogen-bond acceptors (Lipinski definition) is 2. The van der Waals surface area contributed by atoms with Crippen LogP contribution in [0.5, 0.6) is 0 Å². The van der Waals surface area contributed by atoms with E-state index in [2.05, 4.69) is 0 Å². The molecule has 0 heterocycles. The van der Waals surface area contributed by atoms with Crippen molar-refractivity contribution < 1.29 is 4.79 Å². The normalized spacial score (nSPS) is 16.3. The van der Waals surface area contributed by atoms with Crippen molar-refractivity contribution in [3.63, 3.8) is 0 Å². The third-order valence-electron chi connectivity index (χ3n) is 4.10. The molecule has 1 saturated carbocycles. The van der Waals surface area contributed by atoms with Crippen molar-refractivity contribution in [3.8, 4) is 0 Å². The van der Waals surface area contributed by atoms with Gasteiger partial charge in [-0.25, -0.2) is 0 Å². The Labute approximate surface area is 115 Å². The minimum absolute atomic E-state index is 0.223. The molecule has 0 atom stereocenters. The van der Waals surface area contributed by atoms with E-state index in [0.29, 0.717) is 18.9 Å². The fourth-order valence-corrected chi connectivity index (χ4v) is 2.81. The predicted octanol–water partition coefficient (Wildman–Crippen LogP) is 3.08. The Bertz CT molecular complexity index is 425. The number of rotatable bonds is 4. The molecule has 0 bridgehead atoms. The van der Waals surface area contributed by atoms with E-state index in [1.54, 1.807) is 4.90 Å². The van der Waals surface area contributed by atoms with Gasteiger partial charge in [0.25, 0.3) is 0 Å². The van der Waals surface area contributed by atoms with Crippen molar-refractivity contribution in [1.82, 2.24) is 0 Å². The first kappa shape index (κ1) is 14.1. The van der Waals surface area contributed by atoms with Gasteiger partial charge in [-0.2, -0.15) is 0 Å². The van der Waals surface area contributed by atoms with Gasteiger partial charge in [0.05, 0.1) is 0 Å². The maximum atomic E-state index is 12.3.